The van der Waals surface area contributed by atoms with Crippen molar-refractivity contribution in [2.24, 2.45) is 15.9 Å². The highest BCUT2D eigenvalue weighted by Gasteiger charge is 2.47. The van der Waals surface area contributed by atoms with Crippen molar-refractivity contribution < 1.29 is 9.53 Å². The number of hydrogen-bond acceptors (Lipinski definition) is 6. The number of likely N-dealkylation sites (N-methyl/N-ethyl adjacent to an activating group) is 2. The van der Waals surface area contributed by atoms with Crippen molar-refractivity contribution in [1.29, 1.82) is 0 Å². The number of ether oxygens (including phenoxy) is 1. The highest BCUT2D eigenvalue weighted by Crippen LogP contribution is 2.52. The number of carbonyl (C=O) groups excluding carboxylic acids is 1. The fraction of sp³-hybridized carbons (Fsp3) is 0.405. The lowest BCUT2D eigenvalue weighted by Gasteiger charge is -2.38. The second kappa shape index (κ2) is 13.0. The average Bonchev–Trinajstić information content (AvgIpc) is 3.61. The number of anilines is 1. The zero-order valence-electron chi connectivity index (χ0n) is 28.2. The minimum atomic E-state index is -0.477. The molecule has 48 heavy (non-hydrogen) atoms. The molecule has 0 aromatic heterocycles. The molecule has 1 spiro atoms. The minimum Gasteiger partial charge on any atom is -0.461 e. The van der Waals surface area contributed by atoms with Gasteiger partial charge in [-0.3, -0.25) is 14.8 Å². The standard InChI is InChI=1S/C42H46N4O2/c1-3-45-23-19-34-36-25-31(14-16-39(36)46(4-2)40(34)27-45)32-24-33-12-8-9-20-42(33)37(26-32)35-18-22-43-21-17-30(13-15-38(35)44-42)41(47)48-28-29-10-6-5-7-11-29/h5-12,14,16,18,20-22,24-25,30,32,34,40H,3-4,13,15,17,19,23,26-28H2,1-2H3/b22-18-,43-21-. The Balaban J connectivity index is 1.08. The number of allylic oxidation sites excluding steroid dienone is 5. The smallest absolute Gasteiger partial charge is 0.309 e. The van der Waals surface area contributed by atoms with Gasteiger partial charge in [0.15, 0.2) is 0 Å². The van der Waals surface area contributed by atoms with Crippen LogP contribution in [0.5, 0.6) is 0 Å². The van der Waals surface area contributed by atoms with E-state index in [0.717, 1.165) is 43.8 Å². The highest BCUT2D eigenvalue weighted by molar-refractivity contribution is 6.07. The number of hydrogen-bond donors (Lipinski definition) is 0. The number of nitrogens with zero attached hydrogens (tertiary/aromatic N) is 4. The first kappa shape index (κ1) is 31.0. The molecule has 4 aliphatic heterocycles. The maximum atomic E-state index is 13.3. The van der Waals surface area contributed by atoms with E-state index in [2.05, 4.69) is 83.3 Å². The predicted octanol–water partition coefficient (Wildman–Crippen LogP) is 7.86. The van der Waals surface area contributed by atoms with Gasteiger partial charge in [0.25, 0.3) is 0 Å². The Kier molecular flexibility index (Phi) is 8.37. The summed E-state index contributed by atoms with van der Waals surface area (Å²) in [5.74, 6) is 0.444. The van der Waals surface area contributed by atoms with Crippen LogP contribution < -0.4 is 4.90 Å². The fourth-order valence-electron chi connectivity index (χ4n) is 8.98. The summed E-state index contributed by atoms with van der Waals surface area (Å²) in [5, 5.41) is 0. The van der Waals surface area contributed by atoms with Crippen LogP contribution in [0.4, 0.5) is 5.69 Å². The Labute approximate surface area is 285 Å². The highest BCUT2D eigenvalue weighted by atomic mass is 16.5. The maximum Gasteiger partial charge on any atom is 0.309 e. The van der Waals surface area contributed by atoms with Crippen molar-refractivity contribution >= 4 is 23.6 Å². The van der Waals surface area contributed by atoms with Gasteiger partial charge in [0.2, 0.25) is 0 Å². The molecule has 0 saturated carbocycles. The van der Waals surface area contributed by atoms with Crippen molar-refractivity contribution in [1.82, 2.24) is 4.90 Å². The zero-order valence-corrected chi connectivity index (χ0v) is 28.2. The van der Waals surface area contributed by atoms with Crippen LogP contribution in [0.3, 0.4) is 0 Å². The first-order chi connectivity index (χ1) is 23.6. The molecule has 8 rings (SSSR count). The fourth-order valence-corrected chi connectivity index (χ4v) is 8.98. The third kappa shape index (κ3) is 5.44. The van der Waals surface area contributed by atoms with E-state index in [1.54, 1.807) is 5.56 Å². The molecular formula is C42H46N4O2. The van der Waals surface area contributed by atoms with Crippen LogP contribution in [0.15, 0.2) is 118 Å². The number of likely N-dealkylation sites (tertiary alicyclic amines) is 1. The van der Waals surface area contributed by atoms with Gasteiger partial charge in [0.05, 0.1) is 5.92 Å². The van der Waals surface area contributed by atoms with E-state index >= 15 is 0 Å². The largest absolute Gasteiger partial charge is 0.461 e. The van der Waals surface area contributed by atoms with Crippen LogP contribution in [0.2, 0.25) is 0 Å². The summed E-state index contributed by atoms with van der Waals surface area (Å²) >= 11 is 0. The normalized spacial score (nSPS) is 30.3. The SMILES string of the molecule is CCN1CCC2c3cc(C4C=C5C=CC=CC56N=C5CCC(C(=O)OCc7ccccc7)C/C=N\C=C/C5=C6C4)ccc3N(CC)C2C1. The van der Waals surface area contributed by atoms with Crippen molar-refractivity contribution in [2.75, 3.05) is 31.1 Å². The lowest BCUT2D eigenvalue weighted by Crippen LogP contribution is -2.48. The molecule has 1 saturated heterocycles. The van der Waals surface area contributed by atoms with E-state index in [9.17, 15) is 4.79 Å². The molecule has 2 aromatic rings. The summed E-state index contributed by atoms with van der Waals surface area (Å²) in [6.45, 7) is 9.40. The third-order valence-corrected chi connectivity index (χ3v) is 11.5. The number of rotatable bonds is 6. The molecule has 0 bridgehead atoms. The van der Waals surface area contributed by atoms with Crippen LogP contribution >= 0.6 is 0 Å². The van der Waals surface area contributed by atoms with Gasteiger partial charge in [0.1, 0.15) is 12.1 Å². The van der Waals surface area contributed by atoms with Gasteiger partial charge in [-0.05, 0) is 104 Å². The second-order valence-electron chi connectivity index (χ2n) is 14.0. The van der Waals surface area contributed by atoms with Gasteiger partial charge in [0, 0.05) is 54.8 Å². The summed E-state index contributed by atoms with van der Waals surface area (Å²) in [5.41, 5.74) is 9.76. The van der Waals surface area contributed by atoms with E-state index in [0.29, 0.717) is 24.8 Å². The Morgan fingerprint density at radius 3 is 2.79 bits per heavy atom. The maximum absolute atomic E-state index is 13.3. The second-order valence-corrected chi connectivity index (χ2v) is 14.0. The number of piperidine rings is 1. The van der Waals surface area contributed by atoms with Gasteiger partial charge in [-0.2, -0.15) is 0 Å². The van der Waals surface area contributed by atoms with Crippen molar-refractivity contribution in [3.8, 4) is 0 Å². The van der Waals surface area contributed by atoms with E-state index < -0.39 is 5.54 Å². The topological polar surface area (TPSA) is 57.5 Å². The van der Waals surface area contributed by atoms with E-state index in [4.69, 9.17) is 9.73 Å². The lowest BCUT2D eigenvalue weighted by molar-refractivity contribution is -0.149. The summed E-state index contributed by atoms with van der Waals surface area (Å²) < 4.78 is 5.77. The molecule has 246 valence electrons. The molecule has 5 atom stereocenters. The van der Waals surface area contributed by atoms with Crippen LogP contribution in [-0.4, -0.2) is 60.6 Å². The summed E-state index contributed by atoms with van der Waals surface area (Å²) in [4.78, 5) is 28.6. The molecule has 6 nitrogen and oxygen atoms in total. The summed E-state index contributed by atoms with van der Waals surface area (Å²) in [6, 6.07) is 17.8. The van der Waals surface area contributed by atoms with Gasteiger partial charge in [-0.25, -0.2) is 0 Å². The minimum absolute atomic E-state index is 0.166. The number of fused-ring (bicyclic) bond motifs is 4. The summed E-state index contributed by atoms with van der Waals surface area (Å²) in [6.07, 6.45) is 21.3. The first-order valence-corrected chi connectivity index (χ1v) is 18.0. The monoisotopic (exact) mass is 638 g/mol. The van der Waals surface area contributed by atoms with Crippen LogP contribution in [0, 0.1) is 5.92 Å². The van der Waals surface area contributed by atoms with E-state index in [1.165, 1.54) is 40.9 Å². The van der Waals surface area contributed by atoms with Gasteiger partial charge in [-0.1, -0.05) is 73.7 Å². The molecule has 6 aliphatic rings. The molecule has 5 unspecified atom stereocenters. The molecule has 6 heteroatoms. The average molecular weight is 639 g/mol. The molecule has 0 radical (unpaired) electrons. The van der Waals surface area contributed by atoms with Crippen LogP contribution in [0.1, 0.15) is 74.5 Å². The first-order valence-electron chi connectivity index (χ1n) is 18.0. The third-order valence-electron chi connectivity index (χ3n) is 11.5. The number of aliphatic imine (C=N–C) groups is 2. The molecular weight excluding hydrogens is 592 g/mol. The summed E-state index contributed by atoms with van der Waals surface area (Å²) in [7, 11) is 0. The number of benzene rings is 2. The Bertz CT molecular complexity index is 1800. The Morgan fingerprint density at radius 2 is 1.94 bits per heavy atom. The molecule has 4 heterocycles. The Hall–Kier alpha value is -4.29. The van der Waals surface area contributed by atoms with Gasteiger partial charge < -0.3 is 14.5 Å². The predicted molar refractivity (Wildman–Crippen MR) is 195 cm³/mol. The number of carbonyl (C=O) groups is 1. The van der Waals surface area contributed by atoms with Crippen molar-refractivity contribution in [3.05, 3.63) is 125 Å². The van der Waals surface area contributed by atoms with E-state index in [-0.39, 0.29) is 24.4 Å². The van der Waals surface area contributed by atoms with Crippen LogP contribution in [-0.2, 0) is 16.1 Å². The van der Waals surface area contributed by atoms with Crippen molar-refractivity contribution in [2.45, 2.75) is 76.0 Å². The Morgan fingerprint density at radius 1 is 1.04 bits per heavy atom. The lowest BCUT2D eigenvalue weighted by atomic mass is 9.69. The molecule has 0 N–H and O–H groups in total. The van der Waals surface area contributed by atoms with Crippen molar-refractivity contribution in [3.63, 3.8) is 0 Å². The molecule has 2 aliphatic carbocycles. The quantitative estimate of drug-likeness (QED) is 0.302. The van der Waals surface area contributed by atoms with E-state index in [1.807, 2.05) is 42.7 Å². The number of esters is 1. The molecule has 1 fully saturated rings. The van der Waals surface area contributed by atoms with Crippen LogP contribution in [0.25, 0.3) is 0 Å². The molecule has 2 aromatic carbocycles. The molecule has 0 amide bonds. The zero-order chi connectivity index (χ0) is 32.7. The van der Waals surface area contributed by atoms with Gasteiger partial charge >= 0.3 is 5.97 Å². The van der Waals surface area contributed by atoms with Gasteiger partial charge in [-0.15, -0.1) is 0 Å².